The van der Waals surface area contributed by atoms with Crippen LogP contribution in [0.5, 0.6) is 0 Å². The van der Waals surface area contributed by atoms with E-state index in [1.54, 1.807) is 26.0 Å². The van der Waals surface area contributed by atoms with E-state index in [0.717, 1.165) is 5.56 Å². The largest absolute Gasteiger partial charge is 0.393 e. The number of nitrogens with one attached hydrogen (secondary N) is 1. The molecule has 6 heteroatoms. The fourth-order valence-corrected chi connectivity index (χ4v) is 3.89. The van der Waals surface area contributed by atoms with Crippen molar-refractivity contribution >= 4 is 21.6 Å². The van der Waals surface area contributed by atoms with Crippen LogP contribution in [0.25, 0.3) is 0 Å². The van der Waals surface area contributed by atoms with Gasteiger partial charge in [-0.1, -0.05) is 37.6 Å². The number of aliphatic hydroxyl groups is 1. The van der Waals surface area contributed by atoms with Gasteiger partial charge < -0.3 is 5.11 Å². The topological polar surface area (TPSA) is 66.4 Å². The molecular formula is C14H22ClNO3S. The second-order valence-electron chi connectivity index (χ2n) is 5.93. The number of benzene rings is 1. The average molecular weight is 320 g/mol. The van der Waals surface area contributed by atoms with Crippen molar-refractivity contribution in [2.24, 2.45) is 5.41 Å². The molecule has 0 unspecified atom stereocenters. The zero-order valence-corrected chi connectivity index (χ0v) is 13.8. The molecule has 2 N–H and O–H groups in total. The molecule has 0 amide bonds. The summed E-state index contributed by atoms with van der Waals surface area (Å²) in [4.78, 5) is 0.0898. The highest BCUT2D eigenvalue weighted by Crippen LogP contribution is 2.26. The van der Waals surface area contributed by atoms with Gasteiger partial charge in [-0.25, -0.2) is 13.1 Å². The summed E-state index contributed by atoms with van der Waals surface area (Å²) >= 11 is 6.05. The quantitative estimate of drug-likeness (QED) is 0.847. The molecule has 1 atom stereocenters. The Labute approximate surface area is 126 Å². The molecule has 0 aromatic heterocycles. The van der Waals surface area contributed by atoms with E-state index in [-0.39, 0.29) is 21.9 Å². The van der Waals surface area contributed by atoms with Crippen LogP contribution in [0.2, 0.25) is 5.02 Å². The van der Waals surface area contributed by atoms with Crippen molar-refractivity contribution in [2.45, 2.75) is 45.1 Å². The predicted molar refractivity (Wildman–Crippen MR) is 81.5 cm³/mol. The smallest absolute Gasteiger partial charge is 0.242 e. The molecule has 0 aliphatic carbocycles. The van der Waals surface area contributed by atoms with Gasteiger partial charge in [0.2, 0.25) is 10.0 Å². The lowest BCUT2D eigenvalue weighted by atomic mass is 9.87. The molecule has 0 bridgehead atoms. The van der Waals surface area contributed by atoms with Crippen molar-refractivity contribution in [3.63, 3.8) is 0 Å². The van der Waals surface area contributed by atoms with E-state index in [0.29, 0.717) is 6.42 Å². The molecule has 20 heavy (non-hydrogen) atoms. The van der Waals surface area contributed by atoms with Gasteiger partial charge >= 0.3 is 0 Å². The molecular weight excluding hydrogens is 298 g/mol. The summed E-state index contributed by atoms with van der Waals surface area (Å²) < 4.78 is 27.1. The van der Waals surface area contributed by atoms with Crippen LogP contribution in [0.3, 0.4) is 0 Å². The SMILES string of the molecule is Cc1cccc(S(=O)(=O)NCC(C)(C)C[C@H](C)O)c1Cl. The van der Waals surface area contributed by atoms with Gasteiger partial charge in [0, 0.05) is 6.54 Å². The number of rotatable bonds is 6. The third-order valence-electron chi connectivity index (χ3n) is 3.03. The van der Waals surface area contributed by atoms with Crippen molar-refractivity contribution in [2.75, 3.05) is 6.54 Å². The molecule has 1 rings (SSSR count). The van der Waals surface area contributed by atoms with Crippen LogP contribution in [0.4, 0.5) is 0 Å². The Morgan fingerprint density at radius 2 is 2.00 bits per heavy atom. The third-order valence-corrected chi connectivity index (χ3v) is 5.09. The maximum atomic E-state index is 12.3. The summed E-state index contributed by atoms with van der Waals surface area (Å²) in [6.45, 7) is 7.50. The standard InChI is InChI=1S/C14H22ClNO3S/c1-10-6-5-7-12(13(10)15)20(18,19)16-9-14(3,4)8-11(2)17/h5-7,11,16-17H,8-9H2,1-4H3/t11-/m0/s1. The zero-order valence-electron chi connectivity index (χ0n) is 12.3. The molecule has 4 nitrogen and oxygen atoms in total. The second kappa shape index (κ2) is 6.43. The Kier molecular flexibility index (Phi) is 5.61. The van der Waals surface area contributed by atoms with Crippen molar-refractivity contribution < 1.29 is 13.5 Å². The van der Waals surface area contributed by atoms with Gasteiger partial charge in [-0.2, -0.15) is 0 Å². The minimum Gasteiger partial charge on any atom is -0.393 e. The molecule has 0 aliphatic heterocycles. The van der Waals surface area contributed by atoms with Crippen molar-refractivity contribution in [1.29, 1.82) is 0 Å². The highest BCUT2D eigenvalue weighted by Gasteiger charge is 2.25. The van der Waals surface area contributed by atoms with Gasteiger partial charge in [0.1, 0.15) is 4.90 Å². The third kappa shape index (κ3) is 4.74. The first kappa shape index (κ1) is 17.4. The summed E-state index contributed by atoms with van der Waals surface area (Å²) in [5, 5.41) is 9.66. The molecule has 0 spiro atoms. The van der Waals surface area contributed by atoms with E-state index in [9.17, 15) is 13.5 Å². The molecule has 0 fully saturated rings. The fourth-order valence-electron chi connectivity index (χ4n) is 2.07. The first-order valence-electron chi connectivity index (χ1n) is 6.48. The van der Waals surface area contributed by atoms with Crippen LogP contribution in [-0.2, 0) is 10.0 Å². The fraction of sp³-hybridized carbons (Fsp3) is 0.571. The van der Waals surface area contributed by atoms with Gasteiger partial charge in [-0.3, -0.25) is 0 Å². The lowest BCUT2D eigenvalue weighted by molar-refractivity contribution is 0.131. The molecule has 1 aromatic carbocycles. The number of aliphatic hydroxyl groups excluding tert-OH is 1. The van der Waals surface area contributed by atoms with E-state index in [2.05, 4.69) is 4.72 Å². The monoisotopic (exact) mass is 319 g/mol. The summed E-state index contributed by atoms with van der Waals surface area (Å²) in [6.07, 6.45) is 0.0360. The Morgan fingerprint density at radius 1 is 1.40 bits per heavy atom. The van der Waals surface area contributed by atoms with Gasteiger partial charge in [-0.05, 0) is 37.3 Å². The van der Waals surface area contributed by atoms with Crippen LogP contribution in [0.15, 0.2) is 23.1 Å². The first-order chi connectivity index (χ1) is 9.05. The molecule has 0 heterocycles. The van der Waals surface area contributed by atoms with Crippen molar-refractivity contribution in [1.82, 2.24) is 4.72 Å². The lowest BCUT2D eigenvalue weighted by Gasteiger charge is -2.26. The van der Waals surface area contributed by atoms with Crippen LogP contribution in [0.1, 0.15) is 32.8 Å². The zero-order chi connectivity index (χ0) is 15.6. The maximum Gasteiger partial charge on any atom is 0.242 e. The number of sulfonamides is 1. The number of halogens is 1. The summed E-state index contributed by atoms with van der Waals surface area (Å²) in [5.74, 6) is 0. The van der Waals surface area contributed by atoms with E-state index in [1.807, 2.05) is 13.8 Å². The minimum atomic E-state index is -3.65. The molecule has 0 radical (unpaired) electrons. The first-order valence-corrected chi connectivity index (χ1v) is 8.34. The van der Waals surface area contributed by atoms with Crippen LogP contribution >= 0.6 is 11.6 Å². The number of aryl methyl sites for hydroxylation is 1. The van der Waals surface area contributed by atoms with E-state index in [1.165, 1.54) is 6.07 Å². The van der Waals surface area contributed by atoms with Gasteiger partial charge in [-0.15, -0.1) is 0 Å². The molecule has 0 saturated heterocycles. The summed E-state index contributed by atoms with van der Waals surface area (Å²) in [5.41, 5.74) is 0.384. The minimum absolute atomic E-state index is 0.0898. The Morgan fingerprint density at radius 3 is 2.55 bits per heavy atom. The van der Waals surface area contributed by atoms with Gasteiger partial charge in [0.15, 0.2) is 0 Å². The average Bonchev–Trinajstić information content (AvgIpc) is 2.29. The number of hydrogen-bond donors (Lipinski definition) is 2. The number of hydrogen-bond acceptors (Lipinski definition) is 3. The van der Waals surface area contributed by atoms with Crippen LogP contribution < -0.4 is 4.72 Å². The summed E-state index contributed by atoms with van der Waals surface area (Å²) in [6, 6.07) is 4.91. The van der Waals surface area contributed by atoms with Gasteiger partial charge in [0.25, 0.3) is 0 Å². The predicted octanol–water partition coefficient (Wildman–Crippen LogP) is 2.72. The van der Waals surface area contributed by atoms with Crippen LogP contribution in [-0.4, -0.2) is 26.2 Å². The van der Waals surface area contributed by atoms with Gasteiger partial charge in [0.05, 0.1) is 11.1 Å². The molecule has 114 valence electrons. The maximum absolute atomic E-state index is 12.3. The molecule has 1 aromatic rings. The highest BCUT2D eigenvalue weighted by atomic mass is 35.5. The lowest BCUT2D eigenvalue weighted by Crippen LogP contribution is -2.35. The van der Waals surface area contributed by atoms with E-state index >= 15 is 0 Å². The Balaban J connectivity index is 2.89. The normalized spacial score (nSPS) is 14.3. The Hall–Kier alpha value is -0.620. The highest BCUT2D eigenvalue weighted by molar-refractivity contribution is 7.89. The molecule has 0 saturated carbocycles. The molecule has 0 aliphatic rings. The Bertz CT molecular complexity index is 568. The summed E-state index contributed by atoms with van der Waals surface area (Å²) in [7, 11) is -3.65. The van der Waals surface area contributed by atoms with Crippen molar-refractivity contribution in [3.8, 4) is 0 Å². The van der Waals surface area contributed by atoms with E-state index < -0.39 is 16.1 Å². The van der Waals surface area contributed by atoms with Crippen molar-refractivity contribution in [3.05, 3.63) is 28.8 Å². The van der Waals surface area contributed by atoms with E-state index in [4.69, 9.17) is 11.6 Å². The van der Waals surface area contributed by atoms with Crippen LogP contribution in [0, 0.1) is 12.3 Å². The second-order valence-corrected chi connectivity index (χ2v) is 8.04.